The molecule has 7 atom stereocenters. The Labute approximate surface area is 213 Å². The van der Waals surface area contributed by atoms with Crippen molar-refractivity contribution in [3.05, 3.63) is 41.0 Å². The zero-order valence-corrected chi connectivity index (χ0v) is 20.8. The highest BCUT2D eigenvalue weighted by molar-refractivity contribution is 5.73. The van der Waals surface area contributed by atoms with Gasteiger partial charge in [-0.1, -0.05) is 19.9 Å². The summed E-state index contributed by atoms with van der Waals surface area (Å²) in [7, 11) is 3.12. The van der Waals surface area contributed by atoms with E-state index < -0.39 is 36.7 Å². The average molecular weight is 519 g/mol. The Balaban J connectivity index is 1.49. The summed E-state index contributed by atoms with van der Waals surface area (Å²) in [6.45, 7) is 4.33. The van der Waals surface area contributed by atoms with Crippen molar-refractivity contribution in [2.24, 2.45) is 0 Å². The topological polar surface area (TPSA) is 153 Å². The zero-order chi connectivity index (χ0) is 26.6. The van der Waals surface area contributed by atoms with Crippen LogP contribution in [-0.4, -0.2) is 77.9 Å². The number of ether oxygens (including phenoxy) is 6. The summed E-state index contributed by atoms with van der Waals surface area (Å²) in [5, 5.41) is 39.8. The van der Waals surface area contributed by atoms with Crippen LogP contribution in [0.2, 0.25) is 0 Å². The molecule has 0 aliphatic carbocycles. The molecule has 0 amide bonds. The van der Waals surface area contributed by atoms with E-state index in [9.17, 15) is 25.2 Å². The van der Waals surface area contributed by atoms with Crippen molar-refractivity contribution in [2.75, 3.05) is 20.8 Å². The Kier molecular flexibility index (Phi) is 6.57. The summed E-state index contributed by atoms with van der Waals surface area (Å²) < 4.78 is 34.7. The number of fused-ring (bicyclic) bond motifs is 5. The summed E-state index contributed by atoms with van der Waals surface area (Å²) >= 11 is 0. The molecule has 5 rings (SSSR count). The fourth-order valence-corrected chi connectivity index (χ4v) is 5.19. The number of rotatable bonds is 6. The fraction of sp³-hybridized carbons (Fsp3) is 0.500. The first-order valence-electron chi connectivity index (χ1n) is 12.0. The van der Waals surface area contributed by atoms with Crippen LogP contribution in [0, 0.1) is 0 Å². The standard InChI is InChI=1S/C26H30O11/c1-10(2)13-7-11(35-26-20(29)18(27)19(28)24(37-26)25(30)31)8-16-17(13)21-14(9-34-16)12-5-6-15(32-3)23(33-4)22(12)36-21/h5-8,10,14,18-21,24,26-29H,9H2,1-4H3,(H,30,31). The van der Waals surface area contributed by atoms with E-state index in [0.29, 0.717) is 29.6 Å². The van der Waals surface area contributed by atoms with Crippen LogP contribution < -0.4 is 23.7 Å². The molecule has 0 aromatic heterocycles. The largest absolute Gasteiger partial charge is 0.493 e. The van der Waals surface area contributed by atoms with Crippen LogP contribution in [0.15, 0.2) is 24.3 Å². The monoisotopic (exact) mass is 518 g/mol. The van der Waals surface area contributed by atoms with Gasteiger partial charge in [-0.3, -0.25) is 0 Å². The third kappa shape index (κ3) is 4.11. The molecule has 1 saturated heterocycles. The minimum atomic E-state index is -1.81. The van der Waals surface area contributed by atoms with Crippen LogP contribution in [0.1, 0.15) is 48.5 Å². The number of aliphatic carboxylic acids is 1. The lowest BCUT2D eigenvalue weighted by Crippen LogP contribution is -2.61. The summed E-state index contributed by atoms with van der Waals surface area (Å²) in [5.41, 5.74) is 2.66. The number of carbonyl (C=O) groups is 1. The van der Waals surface area contributed by atoms with Crippen molar-refractivity contribution >= 4 is 5.97 Å². The van der Waals surface area contributed by atoms with E-state index >= 15 is 0 Å². The molecular formula is C26H30O11. The maximum atomic E-state index is 11.5. The number of carboxylic acids is 1. The van der Waals surface area contributed by atoms with E-state index in [4.69, 9.17) is 28.4 Å². The quantitative estimate of drug-likeness (QED) is 0.442. The van der Waals surface area contributed by atoms with Crippen molar-refractivity contribution in [3.63, 3.8) is 0 Å². The van der Waals surface area contributed by atoms with E-state index in [0.717, 1.165) is 16.7 Å². The number of aliphatic hydroxyl groups excluding tert-OH is 3. The molecule has 200 valence electrons. The number of carboxylic acid groups (broad SMARTS) is 1. The van der Waals surface area contributed by atoms with Gasteiger partial charge in [0.2, 0.25) is 12.0 Å². The first-order chi connectivity index (χ1) is 17.7. The van der Waals surface area contributed by atoms with Crippen molar-refractivity contribution in [1.29, 1.82) is 0 Å². The third-order valence-corrected chi connectivity index (χ3v) is 7.08. The maximum Gasteiger partial charge on any atom is 0.335 e. The molecule has 4 N–H and O–H groups in total. The molecule has 0 spiro atoms. The van der Waals surface area contributed by atoms with E-state index in [1.807, 2.05) is 26.0 Å². The summed E-state index contributed by atoms with van der Waals surface area (Å²) in [6.07, 6.45) is -8.89. The average Bonchev–Trinajstić information content (AvgIpc) is 3.26. The highest BCUT2D eigenvalue weighted by Crippen LogP contribution is 2.57. The Hall–Kier alpha value is -3.25. The molecule has 0 bridgehead atoms. The summed E-state index contributed by atoms with van der Waals surface area (Å²) in [5.74, 6) is 0.886. The molecule has 1 fully saturated rings. The van der Waals surface area contributed by atoms with Gasteiger partial charge in [-0.15, -0.1) is 0 Å². The molecule has 0 radical (unpaired) electrons. The molecule has 3 aliphatic rings. The van der Waals surface area contributed by atoms with Gasteiger partial charge in [-0.05, 0) is 23.6 Å². The second kappa shape index (κ2) is 9.56. The summed E-state index contributed by atoms with van der Waals surface area (Å²) in [6, 6.07) is 7.15. The number of hydrogen-bond donors (Lipinski definition) is 4. The van der Waals surface area contributed by atoms with Crippen molar-refractivity contribution in [3.8, 4) is 28.7 Å². The van der Waals surface area contributed by atoms with Crippen LogP contribution in [-0.2, 0) is 9.53 Å². The van der Waals surface area contributed by atoms with Crippen molar-refractivity contribution in [1.82, 2.24) is 0 Å². The predicted octanol–water partition coefficient (Wildman–Crippen LogP) is 1.71. The van der Waals surface area contributed by atoms with E-state index in [2.05, 4.69) is 0 Å². The first-order valence-corrected chi connectivity index (χ1v) is 12.0. The number of aliphatic hydroxyl groups is 3. The first kappa shape index (κ1) is 25.4. The van der Waals surface area contributed by atoms with Gasteiger partial charge in [0.1, 0.15) is 35.9 Å². The Morgan fingerprint density at radius 2 is 1.81 bits per heavy atom. The second-order valence-corrected chi connectivity index (χ2v) is 9.61. The molecule has 2 aromatic rings. The van der Waals surface area contributed by atoms with E-state index in [1.54, 1.807) is 26.4 Å². The van der Waals surface area contributed by atoms with Gasteiger partial charge in [-0.2, -0.15) is 0 Å². The molecule has 11 heteroatoms. The highest BCUT2D eigenvalue weighted by Gasteiger charge is 2.49. The second-order valence-electron chi connectivity index (χ2n) is 9.61. The lowest BCUT2D eigenvalue weighted by molar-refractivity contribution is -0.271. The van der Waals surface area contributed by atoms with Gasteiger partial charge in [0.25, 0.3) is 0 Å². The Morgan fingerprint density at radius 1 is 1.05 bits per heavy atom. The van der Waals surface area contributed by atoms with Crippen molar-refractivity contribution < 1.29 is 53.6 Å². The van der Waals surface area contributed by atoms with Crippen LogP contribution in [0.25, 0.3) is 0 Å². The molecular weight excluding hydrogens is 488 g/mol. The van der Waals surface area contributed by atoms with E-state index in [-0.39, 0.29) is 23.7 Å². The van der Waals surface area contributed by atoms with Crippen molar-refractivity contribution in [2.45, 2.75) is 62.5 Å². The fourth-order valence-electron chi connectivity index (χ4n) is 5.19. The Bertz CT molecular complexity index is 1200. The molecule has 0 saturated carbocycles. The van der Waals surface area contributed by atoms with Gasteiger partial charge in [0.15, 0.2) is 17.6 Å². The highest BCUT2D eigenvalue weighted by atomic mass is 16.7. The number of hydrogen-bond acceptors (Lipinski definition) is 10. The van der Waals surface area contributed by atoms with Gasteiger partial charge in [0.05, 0.1) is 26.7 Å². The minimum Gasteiger partial charge on any atom is -0.493 e. The van der Waals surface area contributed by atoms with Gasteiger partial charge < -0.3 is 48.8 Å². The lowest BCUT2D eigenvalue weighted by atomic mass is 9.84. The minimum absolute atomic E-state index is 0.0137. The maximum absolute atomic E-state index is 11.5. The van der Waals surface area contributed by atoms with Crippen LogP contribution >= 0.6 is 0 Å². The van der Waals surface area contributed by atoms with Gasteiger partial charge in [0, 0.05) is 17.2 Å². The number of benzene rings is 2. The molecule has 37 heavy (non-hydrogen) atoms. The van der Waals surface area contributed by atoms with Crippen LogP contribution in [0.4, 0.5) is 0 Å². The molecule has 3 aliphatic heterocycles. The van der Waals surface area contributed by atoms with E-state index in [1.165, 1.54) is 0 Å². The predicted molar refractivity (Wildman–Crippen MR) is 127 cm³/mol. The zero-order valence-electron chi connectivity index (χ0n) is 20.8. The van der Waals surface area contributed by atoms with Crippen LogP contribution in [0.5, 0.6) is 28.7 Å². The third-order valence-electron chi connectivity index (χ3n) is 7.08. The smallest absolute Gasteiger partial charge is 0.335 e. The van der Waals surface area contributed by atoms with Gasteiger partial charge in [-0.25, -0.2) is 4.79 Å². The molecule has 7 unspecified atom stereocenters. The van der Waals surface area contributed by atoms with Crippen LogP contribution in [0.3, 0.4) is 0 Å². The molecule has 11 nitrogen and oxygen atoms in total. The number of methoxy groups -OCH3 is 2. The SMILES string of the molecule is COc1ccc2c(c1OC)OC1c3c(cc(OC4OC(C(=O)O)C(O)C(O)C4O)cc3C(C)C)OCC21. The lowest BCUT2D eigenvalue weighted by Gasteiger charge is -2.38. The van der Waals surface area contributed by atoms with Gasteiger partial charge >= 0.3 is 5.97 Å². The summed E-state index contributed by atoms with van der Waals surface area (Å²) in [4.78, 5) is 11.5. The Morgan fingerprint density at radius 3 is 2.46 bits per heavy atom. The molecule has 3 heterocycles. The molecule has 2 aromatic carbocycles. The normalized spacial score (nSPS) is 29.9.